The van der Waals surface area contributed by atoms with Crippen LogP contribution in [0.1, 0.15) is 6.92 Å². The van der Waals surface area contributed by atoms with Crippen molar-refractivity contribution >= 4 is 0 Å². The molecular formula is C3H8N2O7. The van der Waals surface area contributed by atoms with Gasteiger partial charge in [0.1, 0.15) is 12.7 Å². The molecule has 0 radical (unpaired) electrons. The second kappa shape index (κ2) is 6.09. The quantitative estimate of drug-likeness (QED) is 0.395. The van der Waals surface area contributed by atoms with E-state index in [0.29, 0.717) is 0 Å². The van der Waals surface area contributed by atoms with Gasteiger partial charge in [0.2, 0.25) is 0 Å². The normalized spacial score (nSPS) is 10.8. The molecule has 2 N–H and O–H groups in total. The zero-order chi connectivity index (χ0) is 8.85. The van der Waals surface area contributed by atoms with Crippen molar-refractivity contribution in [3.05, 3.63) is 20.2 Å². The van der Waals surface area contributed by atoms with Crippen LogP contribution in [0.25, 0.3) is 0 Å². The lowest BCUT2D eigenvalue weighted by Crippen LogP contribution is -2.21. The third-order valence-corrected chi connectivity index (χ3v) is 0.681. The molecule has 0 amide bonds. The van der Waals surface area contributed by atoms with Crippen molar-refractivity contribution in [2.24, 2.45) is 0 Å². The molecule has 0 saturated heterocycles. The Morgan fingerprint density at radius 2 is 1.83 bits per heavy atom. The highest BCUT2D eigenvalue weighted by Crippen LogP contribution is 1.91. The Bertz CT molecular complexity index is 159. The van der Waals surface area contributed by atoms with Gasteiger partial charge in [-0.1, -0.05) is 0 Å². The highest BCUT2D eigenvalue weighted by Gasteiger charge is 2.08. The fourth-order valence-electron chi connectivity index (χ4n) is 0.343. The van der Waals surface area contributed by atoms with Crippen molar-refractivity contribution in [2.45, 2.75) is 13.0 Å². The molecule has 9 nitrogen and oxygen atoms in total. The van der Waals surface area contributed by atoms with Crippen molar-refractivity contribution in [3.8, 4) is 0 Å². The first-order chi connectivity index (χ1) is 5.02. The Morgan fingerprint density at radius 3 is 2.17 bits per heavy atom. The van der Waals surface area contributed by atoms with Gasteiger partial charge in [0.25, 0.3) is 10.2 Å². The van der Waals surface area contributed by atoms with Crippen LogP contribution in [-0.2, 0) is 9.68 Å². The lowest BCUT2D eigenvalue weighted by molar-refractivity contribution is -0.789. The second-order valence-electron chi connectivity index (χ2n) is 1.66. The van der Waals surface area contributed by atoms with Gasteiger partial charge in [0.05, 0.1) is 0 Å². The van der Waals surface area contributed by atoms with E-state index in [-0.39, 0.29) is 5.48 Å². The molecule has 0 aromatic carbocycles. The van der Waals surface area contributed by atoms with Crippen molar-refractivity contribution < 1.29 is 25.3 Å². The molecule has 0 fully saturated rings. The molecule has 0 rings (SSSR count). The van der Waals surface area contributed by atoms with E-state index in [4.69, 9.17) is 0 Å². The predicted octanol–water partition coefficient (Wildman–Crippen LogP) is -1.03. The van der Waals surface area contributed by atoms with Crippen molar-refractivity contribution in [3.63, 3.8) is 0 Å². The Labute approximate surface area is 66.4 Å². The molecule has 0 aliphatic rings. The summed E-state index contributed by atoms with van der Waals surface area (Å²) >= 11 is 0. The molecule has 0 aromatic rings. The summed E-state index contributed by atoms with van der Waals surface area (Å²) in [6, 6.07) is 0. The lowest BCUT2D eigenvalue weighted by atomic mass is 10.5. The number of hydrogen-bond donors (Lipinski definition) is 0. The van der Waals surface area contributed by atoms with Gasteiger partial charge in [-0.3, -0.25) is 0 Å². The van der Waals surface area contributed by atoms with E-state index in [0.717, 1.165) is 0 Å². The first-order valence-corrected chi connectivity index (χ1v) is 2.61. The SMILES string of the molecule is CC(CO[N+](=O)[O-])O[N+](=O)[O-].O. The van der Waals surface area contributed by atoms with Gasteiger partial charge in [-0.05, 0) is 6.92 Å². The van der Waals surface area contributed by atoms with Gasteiger partial charge in [0.15, 0.2) is 0 Å². The van der Waals surface area contributed by atoms with E-state index in [2.05, 4.69) is 9.68 Å². The van der Waals surface area contributed by atoms with Crippen LogP contribution < -0.4 is 0 Å². The highest BCUT2D eigenvalue weighted by atomic mass is 17.0. The molecule has 0 aromatic heterocycles. The molecule has 0 heterocycles. The lowest BCUT2D eigenvalue weighted by Gasteiger charge is -2.05. The van der Waals surface area contributed by atoms with Crippen LogP contribution in [0.3, 0.4) is 0 Å². The fraction of sp³-hybridized carbons (Fsp3) is 1.00. The first kappa shape index (κ1) is 13.0. The molecular weight excluding hydrogens is 176 g/mol. The molecule has 0 saturated carbocycles. The van der Waals surface area contributed by atoms with Crippen molar-refractivity contribution in [1.82, 2.24) is 0 Å². The summed E-state index contributed by atoms with van der Waals surface area (Å²) < 4.78 is 0. The van der Waals surface area contributed by atoms with Crippen LogP contribution in [-0.4, -0.2) is 28.4 Å². The summed E-state index contributed by atoms with van der Waals surface area (Å²) in [5, 5.41) is 17.1. The van der Waals surface area contributed by atoms with Crippen LogP contribution in [0.5, 0.6) is 0 Å². The summed E-state index contributed by atoms with van der Waals surface area (Å²) in [7, 11) is 0. The smallest absolute Gasteiger partial charge is 0.294 e. The van der Waals surface area contributed by atoms with Gasteiger partial charge in [-0.15, -0.1) is 20.2 Å². The van der Waals surface area contributed by atoms with E-state index in [9.17, 15) is 20.2 Å². The van der Waals surface area contributed by atoms with E-state index < -0.39 is 22.9 Å². The van der Waals surface area contributed by atoms with Crippen LogP contribution in [0, 0.1) is 20.2 Å². The van der Waals surface area contributed by atoms with Gasteiger partial charge in [-0.25, -0.2) is 0 Å². The van der Waals surface area contributed by atoms with Gasteiger partial charge >= 0.3 is 0 Å². The van der Waals surface area contributed by atoms with Crippen molar-refractivity contribution in [2.75, 3.05) is 6.61 Å². The minimum atomic E-state index is -1.04. The number of hydrogen-bond acceptors (Lipinski definition) is 6. The van der Waals surface area contributed by atoms with E-state index in [1.807, 2.05) is 0 Å². The molecule has 0 aliphatic carbocycles. The van der Waals surface area contributed by atoms with E-state index in [1.54, 1.807) is 0 Å². The monoisotopic (exact) mass is 184 g/mol. The molecule has 0 bridgehead atoms. The first-order valence-electron chi connectivity index (χ1n) is 2.61. The Balaban J connectivity index is 0. The maximum absolute atomic E-state index is 9.61. The number of nitrogens with zero attached hydrogens (tertiary/aromatic N) is 2. The maximum Gasteiger partial charge on any atom is 0.294 e. The number of rotatable bonds is 5. The summed E-state index contributed by atoms with van der Waals surface area (Å²) in [4.78, 5) is 26.9. The van der Waals surface area contributed by atoms with Gasteiger partial charge in [0, 0.05) is 0 Å². The molecule has 12 heavy (non-hydrogen) atoms. The third kappa shape index (κ3) is 8.36. The standard InChI is InChI=1S/C3H6N2O6.H2O/c1-3(11-5(8)9)2-10-4(6)7;/h3H,2H2,1H3;1H2. The largest absolute Gasteiger partial charge is 0.412 e. The molecule has 1 atom stereocenters. The summed E-state index contributed by atoms with van der Waals surface area (Å²) in [6.07, 6.45) is -0.935. The minimum absolute atomic E-state index is 0. The van der Waals surface area contributed by atoms with E-state index >= 15 is 0 Å². The molecule has 72 valence electrons. The Kier molecular flexibility index (Phi) is 6.60. The van der Waals surface area contributed by atoms with Crippen molar-refractivity contribution in [1.29, 1.82) is 0 Å². The molecule has 1 unspecified atom stereocenters. The molecule has 0 spiro atoms. The second-order valence-corrected chi connectivity index (χ2v) is 1.66. The van der Waals surface area contributed by atoms with Crippen LogP contribution >= 0.6 is 0 Å². The minimum Gasteiger partial charge on any atom is -0.412 e. The zero-order valence-electron chi connectivity index (χ0n) is 6.13. The zero-order valence-corrected chi connectivity index (χ0v) is 6.13. The summed E-state index contributed by atoms with van der Waals surface area (Å²) in [5.74, 6) is 0. The average Bonchev–Trinajstić information content (AvgIpc) is 1.82. The van der Waals surface area contributed by atoms with Crippen LogP contribution in [0.15, 0.2) is 0 Å². The molecule has 9 heteroatoms. The average molecular weight is 184 g/mol. The predicted molar refractivity (Wildman–Crippen MR) is 34.1 cm³/mol. The summed E-state index contributed by atoms with van der Waals surface area (Å²) in [5.41, 5.74) is 0. The van der Waals surface area contributed by atoms with Gasteiger partial charge < -0.3 is 15.2 Å². The van der Waals surface area contributed by atoms with E-state index in [1.165, 1.54) is 6.92 Å². The maximum atomic E-state index is 9.61. The van der Waals surface area contributed by atoms with Crippen LogP contribution in [0.2, 0.25) is 0 Å². The fourth-order valence-corrected chi connectivity index (χ4v) is 0.343. The Hall–Kier alpha value is -1.64. The topological polar surface area (TPSA) is 136 Å². The van der Waals surface area contributed by atoms with Crippen LogP contribution in [0.4, 0.5) is 0 Å². The molecule has 0 aliphatic heterocycles. The Morgan fingerprint density at radius 1 is 1.33 bits per heavy atom. The summed E-state index contributed by atoms with van der Waals surface area (Å²) in [6.45, 7) is 0.834. The van der Waals surface area contributed by atoms with Gasteiger partial charge in [-0.2, -0.15) is 0 Å². The highest BCUT2D eigenvalue weighted by molar-refractivity contribution is 4.39. The third-order valence-electron chi connectivity index (χ3n) is 0.681.